The van der Waals surface area contributed by atoms with Gasteiger partial charge in [0.1, 0.15) is 11.6 Å². The summed E-state index contributed by atoms with van der Waals surface area (Å²) in [4.78, 5) is 24.7. The number of carbonyl (C=O) groups excluding carboxylic acids is 2. The standard InChI is InChI=1S/C18H35N3O4/c1-11(2)9-14(21-17(24)25-18(4,5)6)16(23)20-13-8-7-12(3)19-10-15(13)22/h11-15,19,22H,7-10H2,1-6H3,(H,20,23)(H,21,24)/t12-,13+,14+,15?/m1/s1. The van der Waals surface area contributed by atoms with Crippen LogP contribution < -0.4 is 16.0 Å². The highest BCUT2D eigenvalue weighted by Crippen LogP contribution is 2.13. The molecule has 146 valence electrons. The highest BCUT2D eigenvalue weighted by atomic mass is 16.6. The number of hydrogen-bond donors (Lipinski definition) is 4. The fourth-order valence-electron chi connectivity index (χ4n) is 2.79. The zero-order valence-electron chi connectivity index (χ0n) is 16.4. The van der Waals surface area contributed by atoms with Gasteiger partial charge >= 0.3 is 6.09 Å². The molecule has 1 heterocycles. The first-order valence-electron chi connectivity index (χ1n) is 9.19. The Morgan fingerprint density at radius 2 is 1.92 bits per heavy atom. The van der Waals surface area contributed by atoms with Crippen molar-refractivity contribution in [3.63, 3.8) is 0 Å². The summed E-state index contributed by atoms with van der Waals surface area (Å²) in [6.45, 7) is 11.8. The van der Waals surface area contributed by atoms with Gasteiger partial charge in [0.05, 0.1) is 12.1 Å². The quantitative estimate of drug-likeness (QED) is 0.598. The van der Waals surface area contributed by atoms with Crippen molar-refractivity contribution in [1.29, 1.82) is 0 Å². The average molecular weight is 357 g/mol. The van der Waals surface area contributed by atoms with Crippen molar-refractivity contribution in [3.05, 3.63) is 0 Å². The van der Waals surface area contributed by atoms with E-state index in [2.05, 4.69) is 22.9 Å². The van der Waals surface area contributed by atoms with Crippen LogP contribution in [0.1, 0.15) is 60.8 Å². The van der Waals surface area contributed by atoms with Crippen molar-refractivity contribution in [3.8, 4) is 0 Å². The van der Waals surface area contributed by atoms with Gasteiger partial charge in [0.2, 0.25) is 5.91 Å². The molecule has 1 unspecified atom stereocenters. The van der Waals surface area contributed by atoms with Gasteiger partial charge in [0.15, 0.2) is 0 Å². The molecule has 7 heteroatoms. The number of aliphatic hydroxyl groups excluding tert-OH is 1. The van der Waals surface area contributed by atoms with Gasteiger partial charge in [-0.3, -0.25) is 4.79 Å². The molecule has 1 aliphatic heterocycles. The summed E-state index contributed by atoms with van der Waals surface area (Å²) in [7, 11) is 0. The number of amides is 2. The maximum Gasteiger partial charge on any atom is 0.408 e. The third-order valence-electron chi connectivity index (χ3n) is 4.09. The highest BCUT2D eigenvalue weighted by molar-refractivity contribution is 5.85. The second kappa shape index (κ2) is 9.38. The molecule has 25 heavy (non-hydrogen) atoms. The maximum absolute atomic E-state index is 12.7. The molecule has 0 aromatic heterocycles. The molecule has 1 fully saturated rings. The van der Waals surface area contributed by atoms with E-state index in [4.69, 9.17) is 4.74 Å². The summed E-state index contributed by atoms with van der Waals surface area (Å²) in [6.07, 6.45) is 0.820. The molecule has 0 aromatic carbocycles. The summed E-state index contributed by atoms with van der Waals surface area (Å²) < 4.78 is 5.26. The van der Waals surface area contributed by atoms with Gasteiger partial charge in [0.25, 0.3) is 0 Å². The Morgan fingerprint density at radius 3 is 2.48 bits per heavy atom. The predicted octanol–water partition coefficient (Wildman–Crippen LogP) is 1.54. The molecule has 0 aromatic rings. The molecule has 1 saturated heterocycles. The molecule has 0 radical (unpaired) electrons. The van der Waals surface area contributed by atoms with E-state index in [1.54, 1.807) is 20.8 Å². The minimum atomic E-state index is -0.685. The lowest BCUT2D eigenvalue weighted by Gasteiger charge is -2.27. The van der Waals surface area contributed by atoms with E-state index in [-0.39, 0.29) is 17.9 Å². The van der Waals surface area contributed by atoms with Crippen molar-refractivity contribution < 1.29 is 19.4 Å². The van der Waals surface area contributed by atoms with Gasteiger partial charge in [-0.15, -0.1) is 0 Å². The molecule has 2 amide bonds. The van der Waals surface area contributed by atoms with Crippen molar-refractivity contribution in [2.24, 2.45) is 5.92 Å². The fourth-order valence-corrected chi connectivity index (χ4v) is 2.79. The van der Waals surface area contributed by atoms with Crippen LogP contribution in [0.3, 0.4) is 0 Å². The number of hydrogen-bond acceptors (Lipinski definition) is 5. The van der Waals surface area contributed by atoms with Gasteiger partial charge in [-0.2, -0.15) is 0 Å². The Kier molecular flexibility index (Phi) is 8.15. The summed E-state index contributed by atoms with van der Waals surface area (Å²) >= 11 is 0. The Balaban J connectivity index is 2.70. The predicted molar refractivity (Wildman–Crippen MR) is 97.2 cm³/mol. The normalized spacial score (nSPS) is 25.8. The molecule has 1 aliphatic rings. The van der Waals surface area contributed by atoms with Crippen molar-refractivity contribution >= 4 is 12.0 Å². The van der Waals surface area contributed by atoms with Crippen molar-refractivity contribution in [2.75, 3.05) is 6.54 Å². The molecular weight excluding hydrogens is 322 g/mol. The van der Waals surface area contributed by atoms with E-state index in [9.17, 15) is 14.7 Å². The fraction of sp³-hybridized carbons (Fsp3) is 0.889. The number of alkyl carbamates (subject to hydrolysis) is 1. The molecule has 0 aliphatic carbocycles. The minimum Gasteiger partial charge on any atom is -0.444 e. The van der Waals surface area contributed by atoms with Gasteiger partial charge < -0.3 is 25.8 Å². The molecule has 4 N–H and O–H groups in total. The van der Waals surface area contributed by atoms with Crippen LogP contribution in [-0.4, -0.2) is 53.5 Å². The molecule has 0 bridgehead atoms. The number of aliphatic hydroxyl groups is 1. The Labute approximate surface area is 151 Å². The Hall–Kier alpha value is -1.34. The first-order valence-corrected chi connectivity index (χ1v) is 9.19. The van der Waals surface area contributed by atoms with Crippen LogP contribution in [0.25, 0.3) is 0 Å². The maximum atomic E-state index is 12.7. The molecule has 1 rings (SSSR count). The Morgan fingerprint density at radius 1 is 1.28 bits per heavy atom. The number of ether oxygens (including phenoxy) is 1. The zero-order chi connectivity index (χ0) is 19.2. The molecule has 7 nitrogen and oxygen atoms in total. The second-order valence-corrected chi connectivity index (χ2v) is 8.40. The lowest BCUT2D eigenvalue weighted by atomic mass is 10.0. The molecule has 0 spiro atoms. The van der Waals surface area contributed by atoms with Gasteiger partial charge in [-0.1, -0.05) is 13.8 Å². The monoisotopic (exact) mass is 357 g/mol. The number of carbonyl (C=O) groups is 2. The van der Waals surface area contributed by atoms with Gasteiger partial charge in [-0.25, -0.2) is 4.79 Å². The third kappa shape index (κ3) is 8.54. The molecule has 4 atom stereocenters. The first-order chi connectivity index (χ1) is 11.5. The second-order valence-electron chi connectivity index (χ2n) is 8.40. The van der Waals surface area contributed by atoms with E-state index in [1.165, 1.54) is 0 Å². The van der Waals surface area contributed by atoms with Gasteiger partial charge in [-0.05, 0) is 52.9 Å². The van der Waals surface area contributed by atoms with Crippen LogP contribution in [0.5, 0.6) is 0 Å². The van der Waals surface area contributed by atoms with E-state index >= 15 is 0 Å². The number of β-amino-alcohol motifs (C(OH)–C–C–N with tert-alkyl or cyclic N) is 1. The van der Waals surface area contributed by atoms with Crippen LogP contribution in [0.4, 0.5) is 4.79 Å². The van der Waals surface area contributed by atoms with Crippen LogP contribution in [0.15, 0.2) is 0 Å². The summed E-state index contributed by atoms with van der Waals surface area (Å²) in [5, 5.41) is 19.0. The number of rotatable bonds is 5. The minimum absolute atomic E-state index is 0.228. The summed E-state index contributed by atoms with van der Waals surface area (Å²) in [6, 6.07) is -0.696. The molecule has 0 saturated carbocycles. The summed E-state index contributed by atoms with van der Waals surface area (Å²) in [5.74, 6) is -0.0513. The van der Waals surface area contributed by atoms with Gasteiger partial charge in [0, 0.05) is 12.6 Å². The van der Waals surface area contributed by atoms with E-state index in [0.29, 0.717) is 25.4 Å². The smallest absolute Gasteiger partial charge is 0.408 e. The van der Waals surface area contributed by atoms with E-state index in [1.807, 2.05) is 13.8 Å². The largest absolute Gasteiger partial charge is 0.444 e. The van der Waals surface area contributed by atoms with E-state index in [0.717, 1.165) is 6.42 Å². The lowest BCUT2D eigenvalue weighted by molar-refractivity contribution is -0.125. The van der Waals surface area contributed by atoms with E-state index < -0.39 is 23.8 Å². The highest BCUT2D eigenvalue weighted by Gasteiger charge is 2.30. The van der Waals surface area contributed by atoms with Crippen LogP contribution in [0, 0.1) is 5.92 Å². The topological polar surface area (TPSA) is 99.7 Å². The molecular formula is C18H35N3O4. The first kappa shape index (κ1) is 21.7. The van der Waals surface area contributed by atoms with Crippen molar-refractivity contribution in [1.82, 2.24) is 16.0 Å². The lowest BCUT2D eigenvalue weighted by Crippen LogP contribution is -2.54. The SMILES string of the molecule is CC(C)C[C@H](NC(=O)OC(C)(C)C)C(=O)N[C@H]1CC[C@@H](C)NCC1O. The third-order valence-corrected chi connectivity index (χ3v) is 4.09. The van der Waals surface area contributed by atoms with Crippen LogP contribution in [-0.2, 0) is 9.53 Å². The summed E-state index contributed by atoms with van der Waals surface area (Å²) in [5.41, 5.74) is -0.623. The zero-order valence-corrected chi connectivity index (χ0v) is 16.4. The average Bonchev–Trinajstić information content (AvgIpc) is 2.59. The number of nitrogens with one attached hydrogen (secondary N) is 3. The Bertz CT molecular complexity index is 448. The van der Waals surface area contributed by atoms with Crippen molar-refractivity contribution in [2.45, 2.75) is 90.6 Å². The van der Waals surface area contributed by atoms with Crippen LogP contribution in [0.2, 0.25) is 0 Å². The van der Waals surface area contributed by atoms with Crippen LogP contribution >= 0.6 is 0 Å².